The molecule has 0 aromatic carbocycles. The zero-order valence-corrected chi connectivity index (χ0v) is 8.19. The van der Waals surface area contributed by atoms with E-state index in [0.29, 0.717) is 6.42 Å². The summed E-state index contributed by atoms with van der Waals surface area (Å²) in [6.07, 6.45) is -3.66. The van der Waals surface area contributed by atoms with Crippen molar-refractivity contribution >= 4 is 5.78 Å². The van der Waals surface area contributed by atoms with Crippen molar-refractivity contribution in [2.45, 2.75) is 32.9 Å². The Morgan fingerprint density at radius 2 is 1.86 bits per heavy atom. The molecule has 4 heteroatoms. The summed E-state index contributed by atoms with van der Waals surface area (Å²) in [6, 6.07) is 0. The number of carbonyl (C=O) groups excluding carboxylic acids is 1. The highest BCUT2D eigenvalue weighted by Crippen LogP contribution is 2.61. The molecule has 1 unspecified atom stereocenters. The molecule has 0 heterocycles. The van der Waals surface area contributed by atoms with Gasteiger partial charge in [0.05, 0.1) is 0 Å². The molecule has 0 aliphatic heterocycles. The number of alkyl halides is 3. The van der Waals surface area contributed by atoms with E-state index in [0.717, 1.165) is 0 Å². The van der Waals surface area contributed by atoms with Gasteiger partial charge in [0.15, 0.2) is 0 Å². The number of fused-ring (bicyclic) bond motifs is 2. The molecule has 3 aliphatic carbocycles. The number of carbonyl (C=O) groups is 1. The molecule has 3 fully saturated rings. The van der Waals surface area contributed by atoms with Crippen molar-refractivity contribution in [2.75, 3.05) is 0 Å². The number of hydrogen-bond acceptors (Lipinski definition) is 1. The standard InChI is InChI=1S/C10H13F3O/c1-9(2)5-3-6(9)8(14)7(4-5)10(11,12)13/h5-7H,3-4H2,1-2H3/t5-,6+,7?/m1/s1. The smallest absolute Gasteiger partial charge is 0.299 e. The van der Waals surface area contributed by atoms with Gasteiger partial charge in [-0.05, 0) is 24.2 Å². The predicted molar refractivity (Wildman–Crippen MR) is 44.5 cm³/mol. The normalized spacial score (nSPS) is 40.6. The Kier molecular flexibility index (Phi) is 1.80. The van der Waals surface area contributed by atoms with Gasteiger partial charge < -0.3 is 0 Å². The van der Waals surface area contributed by atoms with Crippen molar-refractivity contribution in [1.29, 1.82) is 0 Å². The zero-order valence-electron chi connectivity index (χ0n) is 8.19. The average Bonchev–Trinajstić information content (AvgIpc) is 2.01. The van der Waals surface area contributed by atoms with Gasteiger partial charge >= 0.3 is 6.18 Å². The summed E-state index contributed by atoms with van der Waals surface area (Å²) < 4.78 is 37.2. The van der Waals surface area contributed by atoms with Crippen LogP contribution >= 0.6 is 0 Å². The fraction of sp³-hybridized carbons (Fsp3) is 0.900. The highest BCUT2D eigenvalue weighted by molar-refractivity contribution is 5.87. The Hall–Kier alpha value is -0.540. The molecule has 1 nitrogen and oxygen atoms in total. The minimum absolute atomic E-state index is 0.00579. The first-order chi connectivity index (χ1) is 6.24. The molecule has 0 aromatic heterocycles. The van der Waals surface area contributed by atoms with Crippen LogP contribution in [0.25, 0.3) is 0 Å². The van der Waals surface area contributed by atoms with E-state index in [2.05, 4.69) is 0 Å². The summed E-state index contributed by atoms with van der Waals surface area (Å²) in [7, 11) is 0. The molecule has 3 rings (SSSR count). The molecule has 0 saturated heterocycles. The maximum atomic E-state index is 12.4. The topological polar surface area (TPSA) is 17.1 Å². The van der Waals surface area contributed by atoms with Crippen LogP contribution in [0, 0.1) is 23.2 Å². The second-order valence-corrected chi connectivity index (χ2v) is 5.04. The van der Waals surface area contributed by atoms with Crippen LogP contribution in [0.15, 0.2) is 0 Å². The SMILES string of the molecule is CC1(C)[C@H]2CC(C(F)(F)F)C(=O)[C@@H]1C2. The predicted octanol–water partition coefficient (Wildman–Crippen LogP) is 2.80. The number of hydrogen-bond donors (Lipinski definition) is 0. The van der Waals surface area contributed by atoms with Gasteiger partial charge in [-0.15, -0.1) is 0 Å². The van der Waals surface area contributed by atoms with Crippen molar-refractivity contribution < 1.29 is 18.0 Å². The lowest BCUT2D eigenvalue weighted by Gasteiger charge is -2.57. The third-order valence-electron chi connectivity index (χ3n) is 4.07. The van der Waals surface area contributed by atoms with E-state index in [1.807, 2.05) is 13.8 Å². The molecule has 0 aromatic rings. The van der Waals surface area contributed by atoms with Crippen LogP contribution in [0.3, 0.4) is 0 Å². The van der Waals surface area contributed by atoms with E-state index in [4.69, 9.17) is 0 Å². The Labute approximate surface area is 80.7 Å². The third-order valence-corrected chi connectivity index (χ3v) is 4.07. The Morgan fingerprint density at radius 1 is 1.29 bits per heavy atom. The monoisotopic (exact) mass is 206 g/mol. The molecule has 0 amide bonds. The van der Waals surface area contributed by atoms with Gasteiger partial charge in [0.1, 0.15) is 11.7 Å². The average molecular weight is 206 g/mol. The van der Waals surface area contributed by atoms with E-state index in [-0.39, 0.29) is 23.7 Å². The van der Waals surface area contributed by atoms with E-state index in [1.54, 1.807) is 0 Å². The highest BCUT2D eigenvalue weighted by Gasteiger charge is 2.63. The van der Waals surface area contributed by atoms with Crippen molar-refractivity contribution in [3.63, 3.8) is 0 Å². The van der Waals surface area contributed by atoms with Gasteiger partial charge in [-0.3, -0.25) is 4.79 Å². The van der Waals surface area contributed by atoms with Crippen LogP contribution in [0.4, 0.5) is 13.2 Å². The van der Waals surface area contributed by atoms with Crippen molar-refractivity contribution in [3.8, 4) is 0 Å². The van der Waals surface area contributed by atoms with Gasteiger partial charge in [-0.1, -0.05) is 13.8 Å². The lowest BCUT2D eigenvalue weighted by atomic mass is 9.46. The molecule has 0 N–H and O–H groups in total. The van der Waals surface area contributed by atoms with Gasteiger partial charge in [-0.25, -0.2) is 0 Å². The Bertz CT molecular complexity index is 280. The van der Waals surface area contributed by atoms with Crippen LogP contribution in [-0.2, 0) is 4.79 Å². The number of Topliss-reactive ketones (excluding diaryl/α,β-unsaturated/α-hetero) is 1. The first-order valence-electron chi connectivity index (χ1n) is 4.85. The summed E-state index contributed by atoms with van der Waals surface area (Å²) in [5, 5.41) is 0. The van der Waals surface area contributed by atoms with Crippen LogP contribution in [0.5, 0.6) is 0 Å². The molecular weight excluding hydrogens is 193 g/mol. The largest absolute Gasteiger partial charge is 0.398 e. The lowest BCUT2D eigenvalue weighted by Crippen LogP contribution is -2.58. The third kappa shape index (κ3) is 1.12. The van der Waals surface area contributed by atoms with Gasteiger partial charge in [0, 0.05) is 5.92 Å². The van der Waals surface area contributed by atoms with Crippen molar-refractivity contribution in [1.82, 2.24) is 0 Å². The number of ketones is 1. The molecule has 3 atom stereocenters. The first-order valence-corrected chi connectivity index (χ1v) is 4.85. The van der Waals surface area contributed by atoms with Crippen LogP contribution < -0.4 is 0 Å². The molecular formula is C10H13F3O. The molecule has 0 radical (unpaired) electrons. The van der Waals surface area contributed by atoms with Crippen LogP contribution in [-0.4, -0.2) is 12.0 Å². The minimum Gasteiger partial charge on any atom is -0.299 e. The van der Waals surface area contributed by atoms with Gasteiger partial charge in [0.25, 0.3) is 0 Å². The fourth-order valence-corrected chi connectivity index (χ4v) is 2.84. The van der Waals surface area contributed by atoms with E-state index in [1.165, 1.54) is 0 Å². The summed E-state index contributed by atoms with van der Waals surface area (Å²) in [5.41, 5.74) is -0.196. The number of rotatable bonds is 0. The molecule has 2 bridgehead atoms. The molecule has 14 heavy (non-hydrogen) atoms. The number of halogens is 3. The summed E-state index contributed by atoms with van der Waals surface area (Å²) in [4.78, 5) is 11.5. The quantitative estimate of drug-likeness (QED) is 0.595. The fourth-order valence-electron chi connectivity index (χ4n) is 2.84. The first kappa shape index (κ1) is 9.99. The second-order valence-electron chi connectivity index (χ2n) is 5.04. The van der Waals surface area contributed by atoms with Crippen molar-refractivity contribution in [2.24, 2.45) is 23.2 Å². The molecule has 0 spiro atoms. The van der Waals surface area contributed by atoms with E-state index in [9.17, 15) is 18.0 Å². The molecule has 3 aliphatic rings. The van der Waals surface area contributed by atoms with Gasteiger partial charge in [0.2, 0.25) is 0 Å². The lowest BCUT2D eigenvalue weighted by molar-refractivity contribution is -0.216. The summed E-state index contributed by atoms with van der Waals surface area (Å²) >= 11 is 0. The highest BCUT2D eigenvalue weighted by atomic mass is 19.4. The van der Waals surface area contributed by atoms with Crippen LogP contribution in [0.1, 0.15) is 26.7 Å². The maximum Gasteiger partial charge on any atom is 0.398 e. The van der Waals surface area contributed by atoms with E-state index < -0.39 is 17.9 Å². The van der Waals surface area contributed by atoms with Crippen molar-refractivity contribution in [3.05, 3.63) is 0 Å². The van der Waals surface area contributed by atoms with Gasteiger partial charge in [-0.2, -0.15) is 13.2 Å². The summed E-state index contributed by atoms with van der Waals surface area (Å²) in [6.45, 7) is 3.80. The minimum atomic E-state index is -4.33. The van der Waals surface area contributed by atoms with Crippen LogP contribution in [0.2, 0.25) is 0 Å². The summed E-state index contributed by atoms with van der Waals surface area (Å²) in [5.74, 6) is -2.53. The Morgan fingerprint density at radius 3 is 2.21 bits per heavy atom. The molecule has 3 saturated carbocycles. The second kappa shape index (κ2) is 2.52. The van der Waals surface area contributed by atoms with E-state index >= 15 is 0 Å². The maximum absolute atomic E-state index is 12.4. The molecule has 80 valence electrons. The zero-order chi connectivity index (χ0) is 10.7. The Balaban J connectivity index is 2.21.